The topological polar surface area (TPSA) is 32.8 Å². The zero-order valence-corrected chi connectivity index (χ0v) is 13.5. The number of benzene rings is 1. The first-order chi connectivity index (χ1) is 11.0. The Bertz CT molecular complexity index is 588. The first kappa shape index (κ1) is 16.3. The van der Waals surface area contributed by atoms with Gasteiger partial charge in [0.1, 0.15) is 23.8 Å². The number of piperazine rings is 1. The first-order valence-electron chi connectivity index (χ1n) is 8.09. The Balaban J connectivity index is 1.61. The van der Waals surface area contributed by atoms with Crippen LogP contribution < -0.4 is 0 Å². The van der Waals surface area contributed by atoms with Crippen molar-refractivity contribution >= 4 is 5.97 Å². The molecule has 126 valence electrons. The van der Waals surface area contributed by atoms with E-state index in [9.17, 15) is 13.6 Å². The Morgan fingerprint density at radius 2 is 1.91 bits per heavy atom. The van der Waals surface area contributed by atoms with Crippen molar-refractivity contribution in [2.45, 2.75) is 38.5 Å². The van der Waals surface area contributed by atoms with Crippen LogP contribution in [0.4, 0.5) is 8.78 Å². The molecule has 2 heterocycles. The Labute approximate surface area is 135 Å². The predicted molar refractivity (Wildman–Crippen MR) is 81.9 cm³/mol. The van der Waals surface area contributed by atoms with Gasteiger partial charge in [0.15, 0.2) is 0 Å². The van der Waals surface area contributed by atoms with Crippen LogP contribution in [0.1, 0.15) is 31.9 Å². The number of ether oxygens (including phenoxy) is 1. The van der Waals surface area contributed by atoms with Crippen molar-refractivity contribution < 1.29 is 18.3 Å². The molecule has 3 rings (SSSR count). The molecular formula is C17H22F2N2O2. The van der Waals surface area contributed by atoms with Crippen molar-refractivity contribution in [3.8, 4) is 0 Å². The molecule has 2 aliphatic rings. The quantitative estimate of drug-likeness (QED) is 0.799. The second-order valence-corrected chi connectivity index (χ2v) is 6.41. The fourth-order valence-electron chi connectivity index (χ4n) is 3.51. The number of esters is 1. The summed E-state index contributed by atoms with van der Waals surface area (Å²) in [6.07, 6.45) is 0.721. The summed E-state index contributed by atoms with van der Waals surface area (Å²) >= 11 is 0. The molecule has 3 atom stereocenters. The Morgan fingerprint density at radius 1 is 1.22 bits per heavy atom. The van der Waals surface area contributed by atoms with Gasteiger partial charge in [0.2, 0.25) is 0 Å². The van der Waals surface area contributed by atoms with E-state index >= 15 is 0 Å². The molecule has 6 heteroatoms. The summed E-state index contributed by atoms with van der Waals surface area (Å²) in [5.41, 5.74) is 0.508. The molecule has 1 aromatic rings. The van der Waals surface area contributed by atoms with E-state index in [1.807, 2.05) is 13.8 Å². The second-order valence-electron chi connectivity index (χ2n) is 6.41. The third-order valence-corrected chi connectivity index (χ3v) is 4.89. The molecule has 2 saturated heterocycles. The number of hydrogen-bond acceptors (Lipinski definition) is 4. The molecule has 0 saturated carbocycles. The van der Waals surface area contributed by atoms with Crippen molar-refractivity contribution in [1.82, 2.24) is 9.80 Å². The molecule has 0 bridgehead atoms. The monoisotopic (exact) mass is 324 g/mol. The molecule has 0 N–H and O–H groups in total. The summed E-state index contributed by atoms with van der Waals surface area (Å²) in [7, 11) is 0. The van der Waals surface area contributed by atoms with Gasteiger partial charge in [0, 0.05) is 50.3 Å². The lowest BCUT2D eigenvalue weighted by atomic mass is 10.0. The molecule has 0 aliphatic carbocycles. The van der Waals surface area contributed by atoms with Gasteiger partial charge in [0.05, 0.1) is 0 Å². The summed E-state index contributed by atoms with van der Waals surface area (Å²) < 4.78 is 32.2. The third kappa shape index (κ3) is 3.38. The van der Waals surface area contributed by atoms with E-state index in [4.69, 9.17) is 4.74 Å². The molecule has 0 radical (unpaired) electrons. The fourth-order valence-corrected chi connectivity index (χ4v) is 3.51. The number of halogens is 2. The molecule has 3 unspecified atom stereocenters. The van der Waals surface area contributed by atoms with Gasteiger partial charge in [-0.2, -0.15) is 0 Å². The number of hydrogen-bond donors (Lipinski definition) is 0. The average molecular weight is 324 g/mol. The number of rotatable bonds is 3. The number of nitrogens with zero attached hydrogens (tertiary/aromatic N) is 2. The molecule has 2 fully saturated rings. The zero-order chi connectivity index (χ0) is 16.6. The third-order valence-electron chi connectivity index (χ3n) is 4.89. The highest BCUT2D eigenvalue weighted by Gasteiger charge is 2.38. The Morgan fingerprint density at radius 3 is 2.48 bits per heavy atom. The molecule has 0 aromatic heterocycles. The number of carbonyl (C=O) groups excluding carboxylic acids is 1. The van der Waals surface area contributed by atoms with Crippen molar-refractivity contribution in [2.75, 3.05) is 26.2 Å². The van der Waals surface area contributed by atoms with E-state index in [2.05, 4.69) is 9.80 Å². The van der Waals surface area contributed by atoms with Gasteiger partial charge >= 0.3 is 5.97 Å². The molecular weight excluding hydrogens is 302 g/mol. The smallest absolute Gasteiger partial charge is 0.323 e. The van der Waals surface area contributed by atoms with Crippen LogP contribution in [0.25, 0.3) is 0 Å². The van der Waals surface area contributed by atoms with Crippen molar-refractivity contribution in [2.24, 2.45) is 0 Å². The van der Waals surface area contributed by atoms with Crippen LogP contribution in [0.3, 0.4) is 0 Å². The predicted octanol–water partition coefficient (Wildman–Crippen LogP) is 2.35. The van der Waals surface area contributed by atoms with E-state index in [-0.39, 0.29) is 24.2 Å². The fraction of sp³-hybridized carbons (Fsp3) is 0.588. The minimum absolute atomic E-state index is 0.0160. The number of carbonyl (C=O) groups is 1. The summed E-state index contributed by atoms with van der Waals surface area (Å²) in [5.74, 6) is -1.20. The number of cyclic esters (lactones) is 1. The molecule has 1 aromatic carbocycles. The van der Waals surface area contributed by atoms with Crippen LogP contribution >= 0.6 is 0 Å². The van der Waals surface area contributed by atoms with Gasteiger partial charge in [-0.1, -0.05) is 6.07 Å². The van der Waals surface area contributed by atoms with Crippen molar-refractivity contribution in [3.63, 3.8) is 0 Å². The standard InChI is InChI=1S/C17H22F2N2O2/c1-11-9-16(17(22)23-11)21-7-5-20(6-8-21)12(2)14-4-3-13(18)10-15(14)19/h3-4,10-12,16H,5-9H2,1-2H3. The Hall–Kier alpha value is -1.53. The van der Waals surface area contributed by atoms with Crippen LogP contribution in [-0.4, -0.2) is 54.1 Å². The van der Waals surface area contributed by atoms with Crippen LogP contribution in [0, 0.1) is 11.6 Å². The second kappa shape index (κ2) is 6.53. The molecule has 2 aliphatic heterocycles. The van der Waals surface area contributed by atoms with E-state index in [0.29, 0.717) is 5.56 Å². The SMILES string of the molecule is CC1CC(N2CCN(C(C)c3ccc(F)cc3F)CC2)C(=O)O1. The molecule has 4 nitrogen and oxygen atoms in total. The van der Waals surface area contributed by atoms with Crippen LogP contribution in [0.15, 0.2) is 18.2 Å². The highest BCUT2D eigenvalue weighted by Crippen LogP contribution is 2.27. The maximum atomic E-state index is 13.9. The van der Waals surface area contributed by atoms with E-state index < -0.39 is 11.6 Å². The Kier molecular flexibility index (Phi) is 4.64. The van der Waals surface area contributed by atoms with Gasteiger partial charge in [0.25, 0.3) is 0 Å². The molecule has 23 heavy (non-hydrogen) atoms. The maximum absolute atomic E-state index is 13.9. The zero-order valence-electron chi connectivity index (χ0n) is 13.5. The molecule has 0 spiro atoms. The van der Waals surface area contributed by atoms with E-state index in [0.717, 1.165) is 38.7 Å². The van der Waals surface area contributed by atoms with Crippen LogP contribution in [0.2, 0.25) is 0 Å². The van der Waals surface area contributed by atoms with Crippen molar-refractivity contribution in [3.05, 3.63) is 35.4 Å². The summed E-state index contributed by atoms with van der Waals surface area (Å²) in [4.78, 5) is 16.1. The van der Waals surface area contributed by atoms with Gasteiger partial charge in [-0.3, -0.25) is 14.6 Å². The van der Waals surface area contributed by atoms with E-state index in [1.165, 1.54) is 12.1 Å². The summed E-state index contributed by atoms with van der Waals surface area (Å²) in [6, 6.07) is 3.47. The normalized spacial score (nSPS) is 27.9. The average Bonchev–Trinajstić information content (AvgIpc) is 2.85. The maximum Gasteiger partial charge on any atom is 0.323 e. The largest absolute Gasteiger partial charge is 0.461 e. The van der Waals surface area contributed by atoms with Gasteiger partial charge in [-0.05, 0) is 19.9 Å². The minimum Gasteiger partial charge on any atom is -0.461 e. The van der Waals surface area contributed by atoms with Gasteiger partial charge in [-0.15, -0.1) is 0 Å². The minimum atomic E-state index is -0.558. The van der Waals surface area contributed by atoms with Gasteiger partial charge in [-0.25, -0.2) is 8.78 Å². The molecule has 0 amide bonds. The first-order valence-corrected chi connectivity index (χ1v) is 8.09. The summed E-state index contributed by atoms with van der Waals surface area (Å²) in [6.45, 7) is 6.83. The lowest BCUT2D eigenvalue weighted by molar-refractivity contribution is -0.145. The van der Waals surface area contributed by atoms with E-state index in [1.54, 1.807) is 0 Å². The summed E-state index contributed by atoms with van der Waals surface area (Å²) in [5, 5.41) is 0. The van der Waals surface area contributed by atoms with Crippen LogP contribution in [-0.2, 0) is 9.53 Å². The van der Waals surface area contributed by atoms with Crippen molar-refractivity contribution in [1.29, 1.82) is 0 Å². The lowest BCUT2D eigenvalue weighted by Crippen LogP contribution is -2.52. The lowest BCUT2D eigenvalue weighted by Gasteiger charge is -2.39. The highest BCUT2D eigenvalue weighted by atomic mass is 19.1. The van der Waals surface area contributed by atoms with Gasteiger partial charge < -0.3 is 4.74 Å². The highest BCUT2D eigenvalue weighted by molar-refractivity contribution is 5.78. The van der Waals surface area contributed by atoms with Crippen LogP contribution in [0.5, 0.6) is 0 Å².